The maximum atomic E-state index is 12.3. The molecule has 0 spiro atoms. The first-order valence-corrected chi connectivity index (χ1v) is 7.16. The van der Waals surface area contributed by atoms with Crippen molar-refractivity contribution in [3.63, 3.8) is 0 Å². The van der Waals surface area contributed by atoms with Gasteiger partial charge < -0.3 is 14.7 Å². The third-order valence-corrected chi connectivity index (χ3v) is 3.10. The van der Waals surface area contributed by atoms with E-state index in [4.69, 9.17) is 9.84 Å². The van der Waals surface area contributed by atoms with Gasteiger partial charge in [0.05, 0.1) is 0 Å². The van der Waals surface area contributed by atoms with Crippen LogP contribution in [0.5, 0.6) is 0 Å². The molecule has 1 rings (SSSR count). The molecule has 0 aromatic rings. The van der Waals surface area contributed by atoms with Gasteiger partial charge in [-0.3, -0.25) is 14.5 Å². The van der Waals surface area contributed by atoms with Crippen LogP contribution >= 0.6 is 0 Å². The second-order valence-electron chi connectivity index (χ2n) is 6.13. The highest BCUT2D eigenvalue weighted by molar-refractivity contribution is 5.89. The van der Waals surface area contributed by atoms with Gasteiger partial charge in [-0.1, -0.05) is 13.3 Å². The van der Waals surface area contributed by atoms with Crippen molar-refractivity contribution >= 4 is 18.0 Å². The lowest BCUT2D eigenvalue weighted by molar-refractivity contribution is -0.150. The van der Waals surface area contributed by atoms with Gasteiger partial charge >= 0.3 is 12.1 Å². The zero-order valence-corrected chi connectivity index (χ0v) is 13.1. The third-order valence-electron chi connectivity index (χ3n) is 3.10. The Bertz CT molecular complexity index is 416. The molecule has 1 atom stereocenters. The Morgan fingerprint density at radius 1 is 1.33 bits per heavy atom. The summed E-state index contributed by atoms with van der Waals surface area (Å²) in [7, 11) is 0. The molecule has 7 heteroatoms. The van der Waals surface area contributed by atoms with Crippen LogP contribution in [0.25, 0.3) is 0 Å². The van der Waals surface area contributed by atoms with Gasteiger partial charge in [-0.05, 0) is 27.2 Å². The molecule has 0 aromatic carbocycles. The van der Waals surface area contributed by atoms with Crippen molar-refractivity contribution < 1.29 is 24.2 Å². The second-order valence-corrected chi connectivity index (χ2v) is 6.13. The normalized spacial score (nSPS) is 19.6. The molecule has 1 aliphatic rings. The minimum Gasteiger partial charge on any atom is -0.480 e. The van der Waals surface area contributed by atoms with E-state index in [0.717, 1.165) is 6.42 Å². The predicted molar refractivity (Wildman–Crippen MR) is 75.9 cm³/mol. The lowest BCUT2D eigenvalue weighted by Gasteiger charge is -2.40. The summed E-state index contributed by atoms with van der Waals surface area (Å²) >= 11 is 0. The molecule has 2 amide bonds. The van der Waals surface area contributed by atoms with Gasteiger partial charge in [-0.2, -0.15) is 0 Å². The fourth-order valence-electron chi connectivity index (χ4n) is 2.25. The molecule has 120 valence electrons. The topological polar surface area (TPSA) is 87.2 Å². The average molecular weight is 300 g/mol. The molecule has 0 bridgehead atoms. The number of piperazine rings is 1. The largest absolute Gasteiger partial charge is 0.480 e. The number of rotatable bonds is 4. The molecule has 1 aliphatic heterocycles. The van der Waals surface area contributed by atoms with Crippen molar-refractivity contribution in [1.82, 2.24) is 9.80 Å². The summed E-state index contributed by atoms with van der Waals surface area (Å²) in [5.41, 5.74) is -0.630. The molecule has 0 saturated carbocycles. The van der Waals surface area contributed by atoms with E-state index in [1.807, 2.05) is 6.92 Å². The Hall–Kier alpha value is -1.79. The molecule has 1 fully saturated rings. The number of hydrogen-bond donors (Lipinski definition) is 1. The average Bonchev–Trinajstić information content (AvgIpc) is 2.31. The molecule has 1 N–H and O–H groups in total. The van der Waals surface area contributed by atoms with E-state index in [-0.39, 0.29) is 19.0 Å². The minimum atomic E-state index is -1.05. The van der Waals surface area contributed by atoms with Crippen LogP contribution in [0.3, 0.4) is 0 Å². The molecule has 21 heavy (non-hydrogen) atoms. The Kier molecular flexibility index (Phi) is 5.57. The van der Waals surface area contributed by atoms with Gasteiger partial charge in [-0.15, -0.1) is 0 Å². The van der Waals surface area contributed by atoms with E-state index >= 15 is 0 Å². The van der Waals surface area contributed by atoms with Gasteiger partial charge in [0.1, 0.15) is 18.2 Å². The van der Waals surface area contributed by atoms with Crippen LogP contribution in [0.15, 0.2) is 0 Å². The summed E-state index contributed by atoms with van der Waals surface area (Å²) < 4.78 is 5.32. The van der Waals surface area contributed by atoms with Crippen molar-refractivity contribution in [3.05, 3.63) is 0 Å². The zero-order chi connectivity index (χ0) is 16.2. The van der Waals surface area contributed by atoms with Crippen LogP contribution in [-0.4, -0.2) is 64.2 Å². The number of carbonyl (C=O) groups excluding carboxylic acids is 2. The van der Waals surface area contributed by atoms with Crippen molar-refractivity contribution in [1.29, 1.82) is 0 Å². The summed E-state index contributed by atoms with van der Waals surface area (Å²) in [5, 5.41) is 8.83. The van der Waals surface area contributed by atoms with Crippen LogP contribution in [0.4, 0.5) is 4.79 Å². The third kappa shape index (κ3) is 4.91. The first kappa shape index (κ1) is 17.3. The van der Waals surface area contributed by atoms with E-state index in [0.29, 0.717) is 13.0 Å². The summed E-state index contributed by atoms with van der Waals surface area (Å²) in [4.78, 5) is 38.0. The maximum Gasteiger partial charge on any atom is 0.411 e. The van der Waals surface area contributed by atoms with Gasteiger partial charge in [-0.25, -0.2) is 4.79 Å². The van der Waals surface area contributed by atoms with Crippen molar-refractivity contribution in [2.75, 3.05) is 19.6 Å². The minimum absolute atomic E-state index is 0.213. The molecule has 1 heterocycles. The summed E-state index contributed by atoms with van der Waals surface area (Å²) in [5.74, 6) is -1.37. The SMILES string of the molecule is CCC[C@H]1C(=O)N(CC(=O)O)CCN1C(=O)OC(C)(C)C. The Morgan fingerprint density at radius 2 is 1.95 bits per heavy atom. The molecular formula is C14H24N2O5. The molecule has 1 saturated heterocycles. The van der Waals surface area contributed by atoms with Crippen LogP contribution in [0.2, 0.25) is 0 Å². The molecule has 0 aromatic heterocycles. The van der Waals surface area contributed by atoms with Crippen LogP contribution < -0.4 is 0 Å². The van der Waals surface area contributed by atoms with E-state index in [1.54, 1.807) is 20.8 Å². The van der Waals surface area contributed by atoms with Gasteiger partial charge in [0.25, 0.3) is 0 Å². The van der Waals surface area contributed by atoms with E-state index < -0.39 is 23.7 Å². The first-order valence-electron chi connectivity index (χ1n) is 7.16. The van der Waals surface area contributed by atoms with Crippen LogP contribution in [-0.2, 0) is 14.3 Å². The van der Waals surface area contributed by atoms with Crippen LogP contribution in [0, 0.1) is 0 Å². The fraction of sp³-hybridized carbons (Fsp3) is 0.786. The Balaban J connectivity index is 2.84. The van der Waals surface area contributed by atoms with Gasteiger partial charge in [0.15, 0.2) is 0 Å². The van der Waals surface area contributed by atoms with E-state index in [2.05, 4.69) is 0 Å². The van der Waals surface area contributed by atoms with Crippen molar-refractivity contribution in [2.45, 2.75) is 52.2 Å². The number of aliphatic carboxylic acids is 1. The first-order chi connectivity index (χ1) is 9.65. The molecule has 0 aliphatic carbocycles. The standard InChI is InChI=1S/C14H24N2O5/c1-5-6-10-12(19)15(9-11(17)18)7-8-16(10)13(20)21-14(2,3)4/h10H,5-9H2,1-4H3,(H,17,18)/t10-/m0/s1. The number of amides is 2. The predicted octanol–water partition coefficient (Wildman–Crippen LogP) is 1.32. The summed E-state index contributed by atoms with van der Waals surface area (Å²) in [6.45, 7) is 7.38. The number of carboxylic acid groups (broad SMARTS) is 1. The zero-order valence-electron chi connectivity index (χ0n) is 13.1. The van der Waals surface area contributed by atoms with E-state index in [9.17, 15) is 14.4 Å². The highest BCUT2D eigenvalue weighted by Crippen LogP contribution is 2.19. The number of carboxylic acids is 1. The highest BCUT2D eigenvalue weighted by Gasteiger charge is 2.39. The van der Waals surface area contributed by atoms with Crippen LogP contribution in [0.1, 0.15) is 40.5 Å². The highest BCUT2D eigenvalue weighted by atomic mass is 16.6. The maximum absolute atomic E-state index is 12.3. The number of hydrogen-bond acceptors (Lipinski definition) is 4. The van der Waals surface area contributed by atoms with E-state index in [1.165, 1.54) is 9.80 Å². The second kappa shape index (κ2) is 6.78. The monoisotopic (exact) mass is 300 g/mol. The van der Waals surface area contributed by atoms with Gasteiger partial charge in [0, 0.05) is 13.1 Å². The smallest absolute Gasteiger partial charge is 0.411 e. The van der Waals surface area contributed by atoms with Crippen molar-refractivity contribution in [2.24, 2.45) is 0 Å². The fourth-order valence-corrected chi connectivity index (χ4v) is 2.25. The number of carbonyl (C=O) groups is 3. The Labute approximate surface area is 124 Å². The van der Waals surface area contributed by atoms with Crippen molar-refractivity contribution in [3.8, 4) is 0 Å². The molecule has 7 nitrogen and oxygen atoms in total. The summed E-state index contributed by atoms with van der Waals surface area (Å²) in [6.07, 6.45) is 0.689. The molecule has 0 radical (unpaired) electrons. The molecular weight excluding hydrogens is 276 g/mol. The molecule has 0 unspecified atom stereocenters. The Morgan fingerprint density at radius 3 is 2.43 bits per heavy atom. The lowest BCUT2D eigenvalue weighted by atomic mass is 10.1. The van der Waals surface area contributed by atoms with Gasteiger partial charge in [0.2, 0.25) is 5.91 Å². The summed E-state index contributed by atoms with van der Waals surface area (Å²) in [6, 6.07) is -0.641. The number of ether oxygens (including phenoxy) is 1. The lowest BCUT2D eigenvalue weighted by Crippen LogP contribution is -2.60. The quantitative estimate of drug-likeness (QED) is 0.846. The number of nitrogens with zero attached hydrogens (tertiary/aromatic N) is 2.